The summed E-state index contributed by atoms with van der Waals surface area (Å²) in [5, 5.41) is 11.7. The van der Waals surface area contributed by atoms with Crippen LogP contribution in [-0.4, -0.2) is 26.5 Å². The van der Waals surface area contributed by atoms with Crippen LogP contribution in [0.2, 0.25) is 0 Å². The third-order valence-corrected chi connectivity index (χ3v) is 4.36. The topological polar surface area (TPSA) is 85.8 Å². The van der Waals surface area contributed by atoms with Crippen molar-refractivity contribution in [1.82, 2.24) is 14.9 Å². The van der Waals surface area contributed by atoms with Gasteiger partial charge in [-0.05, 0) is 25.0 Å². The van der Waals surface area contributed by atoms with Gasteiger partial charge in [-0.2, -0.15) is 0 Å². The van der Waals surface area contributed by atoms with Crippen molar-refractivity contribution >= 4 is 23.4 Å². The number of carbonyl (C=O) groups is 1. The Kier molecular flexibility index (Phi) is 4.99. The van der Waals surface area contributed by atoms with Gasteiger partial charge in [0.05, 0.1) is 5.75 Å². The first kappa shape index (κ1) is 17.3. The monoisotopic (exact) mass is 333 g/mol. The Balaban J connectivity index is 2.02. The van der Waals surface area contributed by atoms with E-state index >= 15 is 0 Å². The van der Waals surface area contributed by atoms with E-state index in [1.54, 1.807) is 0 Å². The second kappa shape index (κ2) is 6.62. The molecule has 0 fully saturated rings. The van der Waals surface area contributed by atoms with Gasteiger partial charge >= 0.3 is 0 Å². The normalized spacial score (nSPS) is 11.5. The third kappa shape index (κ3) is 4.04. The number of amides is 1. The Labute approximate surface area is 140 Å². The molecule has 2 aromatic rings. The van der Waals surface area contributed by atoms with Gasteiger partial charge in [0.25, 0.3) is 0 Å². The minimum atomic E-state index is -0.193. The Morgan fingerprint density at radius 2 is 1.87 bits per heavy atom. The zero-order valence-electron chi connectivity index (χ0n) is 14.2. The fourth-order valence-corrected chi connectivity index (χ4v) is 2.86. The number of nitrogens with two attached hydrogens (primary N) is 1. The summed E-state index contributed by atoms with van der Waals surface area (Å²) in [5.74, 6) is 6.84. The zero-order chi connectivity index (χ0) is 17.2. The van der Waals surface area contributed by atoms with Gasteiger partial charge in [-0.1, -0.05) is 50.7 Å². The molecule has 0 bridgehead atoms. The molecule has 0 saturated heterocycles. The molecule has 23 heavy (non-hydrogen) atoms. The van der Waals surface area contributed by atoms with Crippen LogP contribution in [0.4, 0.5) is 5.69 Å². The first-order valence-corrected chi connectivity index (χ1v) is 8.38. The van der Waals surface area contributed by atoms with Crippen molar-refractivity contribution in [2.24, 2.45) is 0 Å². The van der Waals surface area contributed by atoms with Gasteiger partial charge in [-0.15, -0.1) is 10.2 Å². The molecule has 1 amide bonds. The van der Waals surface area contributed by atoms with E-state index in [0.29, 0.717) is 11.0 Å². The number of aromatic nitrogens is 3. The van der Waals surface area contributed by atoms with E-state index in [2.05, 4.69) is 15.5 Å². The molecule has 124 valence electrons. The summed E-state index contributed by atoms with van der Waals surface area (Å²) in [5.41, 5.74) is 2.75. The van der Waals surface area contributed by atoms with Gasteiger partial charge in [0.1, 0.15) is 0 Å². The van der Waals surface area contributed by atoms with Crippen molar-refractivity contribution < 1.29 is 4.79 Å². The van der Waals surface area contributed by atoms with Crippen LogP contribution in [-0.2, 0) is 10.2 Å². The molecule has 0 aliphatic carbocycles. The number of anilines is 1. The molecule has 0 aliphatic rings. The first-order chi connectivity index (χ1) is 10.7. The molecule has 0 unspecified atom stereocenters. The highest BCUT2D eigenvalue weighted by atomic mass is 32.2. The van der Waals surface area contributed by atoms with E-state index in [9.17, 15) is 4.79 Å². The summed E-state index contributed by atoms with van der Waals surface area (Å²) in [6.07, 6.45) is 0. The summed E-state index contributed by atoms with van der Waals surface area (Å²) in [6, 6.07) is 5.92. The molecule has 0 atom stereocenters. The van der Waals surface area contributed by atoms with Crippen LogP contribution in [0.15, 0.2) is 23.4 Å². The summed E-state index contributed by atoms with van der Waals surface area (Å²) >= 11 is 1.28. The predicted molar refractivity (Wildman–Crippen MR) is 94.1 cm³/mol. The van der Waals surface area contributed by atoms with Crippen LogP contribution in [0, 0.1) is 13.8 Å². The highest BCUT2D eigenvalue weighted by molar-refractivity contribution is 7.99. The third-order valence-electron chi connectivity index (χ3n) is 3.41. The lowest BCUT2D eigenvalue weighted by atomic mass is 9.96. The Bertz CT molecular complexity index is 697. The number of hydrogen-bond acceptors (Lipinski definition) is 5. The maximum atomic E-state index is 12.2. The lowest BCUT2D eigenvalue weighted by Gasteiger charge is -2.16. The summed E-state index contributed by atoms with van der Waals surface area (Å²) < 4.78 is 1.46. The lowest BCUT2D eigenvalue weighted by Crippen LogP contribution is -2.24. The zero-order valence-corrected chi connectivity index (χ0v) is 15.0. The van der Waals surface area contributed by atoms with E-state index in [1.807, 2.05) is 52.8 Å². The minimum Gasteiger partial charge on any atom is -0.336 e. The largest absolute Gasteiger partial charge is 0.336 e. The number of nitrogens with zero attached hydrogens (tertiary/aromatic N) is 3. The molecule has 3 N–H and O–H groups in total. The average molecular weight is 333 g/mol. The molecule has 1 aromatic carbocycles. The minimum absolute atomic E-state index is 0.0901. The maximum absolute atomic E-state index is 12.2. The smallest absolute Gasteiger partial charge is 0.234 e. The quantitative estimate of drug-likeness (QED) is 0.663. The highest BCUT2D eigenvalue weighted by Crippen LogP contribution is 2.24. The van der Waals surface area contributed by atoms with Gasteiger partial charge in [0.2, 0.25) is 11.1 Å². The number of aryl methyl sites for hydroxylation is 2. The van der Waals surface area contributed by atoms with Crippen molar-refractivity contribution in [3.8, 4) is 0 Å². The molecule has 0 saturated carbocycles. The molecule has 7 heteroatoms. The predicted octanol–water partition coefficient (Wildman–Crippen LogP) is 2.64. The number of benzene rings is 1. The Morgan fingerprint density at radius 3 is 2.39 bits per heavy atom. The van der Waals surface area contributed by atoms with Gasteiger partial charge in [0.15, 0.2) is 5.82 Å². The number of para-hydroxylation sites is 1. The summed E-state index contributed by atoms with van der Waals surface area (Å²) in [6.45, 7) is 10.00. The summed E-state index contributed by atoms with van der Waals surface area (Å²) in [7, 11) is 0. The molecule has 6 nitrogen and oxygen atoms in total. The van der Waals surface area contributed by atoms with Gasteiger partial charge in [-0.3, -0.25) is 4.79 Å². The molecule has 0 aliphatic heterocycles. The Hall–Kier alpha value is -2.02. The summed E-state index contributed by atoms with van der Waals surface area (Å²) in [4.78, 5) is 12.2. The fourth-order valence-electron chi connectivity index (χ4n) is 2.20. The number of rotatable bonds is 4. The second-order valence-electron chi connectivity index (χ2n) is 6.53. The van der Waals surface area contributed by atoms with E-state index in [4.69, 9.17) is 5.84 Å². The van der Waals surface area contributed by atoms with E-state index < -0.39 is 0 Å². The standard InChI is InChI=1S/C16H23N5OS/c1-10-7-6-8-11(2)13(10)18-12(22)9-23-15-20-19-14(21(15)17)16(3,4)5/h6-8H,9,17H2,1-5H3,(H,18,22). The van der Waals surface area contributed by atoms with Crippen molar-refractivity contribution in [2.75, 3.05) is 16.9 Å². The second-order valence-corrected chi connectivity index (χ2v) is 7.47. The van der Waals surface area contributed by atoms with Crippen molar-refractivity contribution in [1.29, 1.82) is 0 Å². The number of hydrogen-bond donors (Lipinski definition) is 2. The van der Waals surface area contributed by atoms with Crippen LogP contribution in [0.3, 0.4) is 0 Å². The number of carbonyl (C=O) groups excluding carboxylic acids is 1. The molecular weight excluding hydrogens is 310 g/mol. The van der Waals surface area contributed by atoms with Crippen LogP contribution in [0.5, 0.6) is 0 Å². The number of nitrogen functional groups attached to an aromatic ring is 1. The first-order valence-electron chi connectivity index (χ1n) is 7.40. The number of thioether (sulfide) groups is 1. The van der Waals surface area contributed by atoms with Crippen molar-refractivity contribution in [2.45, 2.75) is 45.2 Å². The molecule has 0 spiro atoms. The molecule has 1 heterocycles. The van der Waals surface area contributed by atoms with Crippen LogP contribution < -0.4 is 11.2 Å². The maximum Gasteiger partial charge on any atom is 0.234 e. The molecular formula is C16H23N5OS. The number of nitrogens with one attached hydrogen (secondary N) is 1. The Morgan fingerprint density at radius 1 is 1.26 bits per heavy atom. The van der Waals surface area contributed by atoms with Gasteiger partial charge in [0, 0.05) is 11.1 Å². The van der Waals surface area contributed by atoms with E-state index in [1.165, 1.54) is 16.4 Å². The van der Waals surface area contributed by atoms with Crippen LogP contribution in [0.1, 0.15) is 37.7 Å². The fraction of sp³-hybridized carbons (Fsp3) is 0.438. The lowest BCUT2D eigenvalue weighted by molar-refractivity contribution is -0.113. The van der Waals surface area contributed by atoms with Crippen LogP contribution in [0.25, 0.3) is 0 Å². The molecule has 1 aromatic heterocycles. The van der Waals surface area contributed by atoms with Gasteiger partial charge < -0.3 is 11.2 Å². The molecule has 0 radical (unpaired) electrons. The molecule has 2 rings (SSSR count). The van der Waals surface area contributed by atoms with Crippen molar-refractivity contribution in [3.63, 3.8) is 0 Å². The highest BCUT2D eigenvalue weighted by Gasteiger charge is 2.23. The van der Waals surface area contributed by atoms with Gasteiger partial charge in [-0.25, -0.2) is 4.68 Å². The van der Waals surface area contributed by atoms with E-state index in [-0.39, 0.29) is 17.1 Å². The van der Waals surface area contributed by atoms with Crippen molar-refractivity contribution in [3.05, 3.63) is 35.2 Å². The van der Waals surface area contributed by atoms with Crippen LogP contribution >= 0.6 is 11.8 Å². The average Bonchev–Trinajstić information content (AvgIpc) is 2.82. The SMILES string of the molecule is Cc1cccc(C)c1NC(=O)CSc1nnc(C(C)(C)C)n1N. The van der Waals surface area contributed by atoms with E-state index in [0.717, 1.165) is 16.8 Å².